The first-order valence-electron chi connectivity index (χ1n) is 6.41. The summed E-state index contributed by atoms with van der Waals surface area (Å²) in [5.74, 6) is 0.373. The van der Waals surface area contributed by atoms with E-state index < -0.39 is 12.1 Å². The molecule has 110 valence electrons. The molecule has 0 saturated heterocycles. The van der Waals surface area contributed by atoms with Crippen LogP contribution in [-0.2, 0) is 4.79 Å². The standard InChI is InChI=1S/C14H21N3O3/c1-9(11-7-5-6-8-12(11)20-4)16-10(2)13(18)17-14(19)15-3/h5-10,16H,1-4H3,(H2,15,17,18,19)/t9-,10?/m1/s1. The summed E-state index contributed by atoms with van der Waals surface area (Å²) >= 11 is 0. The molecule has 0 fully saturated rings. The first-order valence-corrected chi connectivity index (χ1v) is 6.41. The van der Waals surface area contributed by atoms with E-state index in [1.54, 1.807) is 14.0 Å². The molecule has 1 unspecified atom stereocenters. The zero-order valence-electron chi connectivity index (χ0n) is 12.2. The average Bonchev–Trinajstić information content (AvgIpc) is 2.46. The predicted molar refractivity (Wildman–Crippen MR) is 76.6 cm³/mol. The second-order valence-electron chi connectivity index (χ2n) is 4.42. The lowest BCUT2D eigenvalue weighted by molar-refractivity contribution is -0.121. The van der Waals surface area contributed by atoms with E-state index in [0.29, 0.717) is 0 Å². The zero-order chi connectivity index (χ0) is 15.1. The van der Waals surface area contributed by atoms with E-state index in [2.05, 4.69) is 16.0 Å². The monoisotopic (exact) mass is 279 g/mol. The predicted octanol–water partition coefficient (Wildman–Crippen LogP) is 1.19. The Bertz CT molecular complexity index is 476. The number of nitrogens with one attached hydrogen (secondary N) is 3. The summed E-state index contributed by atoms with van der Waals surface area (Å²) in [6, 6.07) is 6.47. The number of carbonyl (C=O) groups is 2. The van der Waals surface area contributed by atoms with Crippen LogP contribution in [0.1, 0.15) is 25.5 Å². The highest BCUT2D eigenvalue weighted by molar-refractivity contribution is 5.96. The molecular formula is C14H21N3O3. The third kappa shape index (κ3) is 4.24. The van der Waals surface area contributed by atoms with Crippen LogP contribution in [0.2, 0.25) is 0 Å². The molecule has 3 N–H and O–H groups in total. The van der Waals surface area contributed by atoms with Gasteiger partial charge in [0.25, 0.3) is 0 Å². The number of para-hydroxylation sites is 1. The molecule has 0 radical (unpaired) electrons. The third-order valence-electron chi connectivity index (χ3n) is 2.96. The van der Waals surface area contributed by atoms with Crippen LogP contribution in [0, 0.1) is 0 Å². The van der Waals surface area contributed by atoms with Gasteiger partial charge in [-0.3, -0.25) is 15.4 Å². The van der Waals surface area contributed by atoms with Gasteiger partial charge < -0.3 is 10.1 Å². The Morgan fingerprint density at radius 3 is 2.45 bits per heavy atom. The van der Waals surface area contributed by atoms with Gasteiger partial charge in [-0.05, 0) is 19.9 Å². The number of urea groups is 1. The summed E-state index contributed by atoms with van der Waals surface area (Å²) in [5, 5.41) is 7.70. The molecule has 0 aliphatic rings. The topological polar surface area (TPSA) is 79.5 Å². The normalized spacial score (nSPS) is 13.2. The van der Waals surface area contributed by atoms with Crippen LogP contribution in [0.25, 0.3) is 0 Å². The molecule has 0 saturated carbocycles. The number of rotatable bonds is 5. The van der Waals surface area contributed by atoms with Crippen LogP contribution in [0.4, 0.5) is 4.79 Å². The van der Waals surface area contributed by atoms with Crippen molar-refractivity contribution >= 4 is 11.9 Å². The third-order valence-corrected chi connectivity index (χ3v) is 2.96. The molecule has 3 amide bonds. The Balaban J connectivity index is 2.67. The van der Waals surface area contributed by atoms with E-state index in [9.17, 15) is 9.59 Å². The van der Waals surface area contributed by atoms with Crippen LogP contribution in [0.3, 0.4) is 0 Å². The minimum absolute atomic E-state index is 0.0865. The van der Waals surface area contributed by atoms with Crippen molar-refractivity contribution in [3.63, 3.8) is 0 Å². The van der Waals surface area contributed by atoms with Gasteiger partial charge in [-0.2, -0.15) is 0 Å². The summed E-state index contributed by atoms with van der Waals surface area (Å²) in [7, 11) is 3.06. The number of carbonyl (C=O) groups excluding carboxylic acids is 2. The molecule has 6 nitrogen and oxygen atoms in total. The molecule has 1 rings (SSSR count). The highest BCUT2D eigenvalue weighted by atomic mass is 16.5. The van der Waals surface area contributed by atoms with E-state index in [4.69, 9.17) is 4.74 Å². The Kier molecular flexibility index (Phi) is 5.99. The van der Waals surface area contributed by atoms with Gasteiger partial charge in [0.2, 0.25) is 5.91 Å². The number of hydrogen-bond donors (Lipinski definition) is 3. The molecule has 0 aliphatic carbocycles. The van der Waals surface area contributed by atoms with Crippen molar-refractivity contribution in [1.82, 2.24) is 16.0 Å². The highest BCUT2D eigenvalue weighted by Crippen LogP contribution is 2.24. The lowest BCUT2D eigenvalue weighted by atomic mass is 10.1. The van der Waals surface area contributed by atoms with Gasteiger partial charge in [0.15, 0.2) is 0 Å². The van der Waals surface area contributed by atoms with Crippen molar-refractivity contribution in [2.45, 2.75) is 25.9 Å². The summed E-state index contributed by atoms with van der Waals surface area (Å²) in [6.45, 7) is 3.63. The van der Waals surface area contributed by atoms with E-state index in [1.807, 2.05) is 31.2 Å². The van der Waals surface area contributed by atoms with Crippen molar-refractivity contribution in [3.05, 3.63) is 29.8 Å². The Morgan fingerprint density at radius 2 is 1.85 bits per heavy atom. The van der Waals surface area contributed by atoms with E-state index >= 15 is 0 Å². The first kappa shape index (κ1) is 16.0. The van der Waals surface area contributed by atoms with E-state index in [1.165, 1.54) is 7.05 Å². The largest absolute Gasteiger partial charge is 0.496 e. The number of ether oxygens (including phenoxy) is 1. The van der Waals surface area contributed by atoms with Gasteiger partial charge in [-0.25, -0.2) is 4.79 Å². The second kappa shape index (κ2) is 7.49. The molecule has 2 atom stereocenters. The van der Waals surface area contributed by atoms with Crippen molar-refractivity contribution in [2.24, 2.45) is 0 Å². The fourth-order valence-corrected chi connectivity index (χ4v) is 1.85. The quantitative estimate of drug-likeness (QED) is 0.756. The highest BCUT2D eigenvalue weighted by Gasteiger charge is 2.19. The molecule has 0 aromatic heterocycles. The summed E-state index contributed by atoms with van der Waals surface area (Å²) in [4.78, 5) is 22.9. The van der Waals surface area contributed by atoms with E-state index in [0.717, 1.165) is 11.3 Å². The minimum atomic E-state index is -0.520. The van der Waals surface area contributed by atoms with Gasteiger partial charge >= 0.3 is 6.03 Å². The molecule has 0 spiro atoms. The summed E-state index contributed by atoms with van der Waals surface area (Å²) < 4.78 is 5.29. The number of amides is 3. The fourth-order valence-electron chi connectivity index (χ4n) is 1.85. The molecule has 0 heterocycles. The summed E-state index contributed by atoms with van der Waals surface area (Å²) in [6.07, 6.45) is 0. The molecule has 0 bridgehead atoms. The zero-order valence-corrected chi connectivity index (χ0v) is 12.2. The first-order chi connectivity index (χ1) is 9.49. The number of methoxy groups -OCH3 is 1. The second-order valence-corrected chi connectivity index (χ2v) is 4.42. The smallest absolute Gasteiger partial charge is 0.321 e. The summed E-state index contributed by atoms with van der Waals surface area (Å²) in [5.41, 5.74) is 0.953. The number of benzene rings is 1. The maximum atomic E-state index is 11.8. The molecule has 6 heteroatoms. The maximum Gasteiger partial charge on any atom is 0.321 e. The Labute approximate surface area is 118 Å². The SMILES string of the molecule is CNC(=O)NC(=O)C(C)N[C@H](C)c1ccccc1OC. The molecule has 20 heavy (non-hydrogen) atoms. The minimum Gasteiger partial charge on any atom is -0.496 e. The molecule has 0 aliphatic heterocycles. The fraction of sp³-hybridized carbons (Fsp3) is 0.429. The van der Waals surface area contributed by atoms with Crippen molar-refractivity contribution in [2.75, 3.05) is 14.2 Å². The van der Waals surface area contributed by atoms with Gasteiger partial charge in [0, 0.05) is 18.7 Å². The Morgan fingerprint density at radius 1 is 1.20 bits per heavy atom. The lowest BCUT2D eigenvalue weighted by Gasteiger charge is -2.21. The van der Waals surface area contributed by atoms with Crippen LogP contribution in [0.15, 0.2) is 24.3 Å². The van der Waals surface area contributed by atoms with Gasteiger partial charge in [0.05, 0.1) is 13.2 Å². The molecule has 1 aromatic carbocycles. The van der Waals surface area contributed by atoms with Crippen molar-refractivity contribution in [1.29, 1.82) is 0 Å². The maximum absolute atomic E-state index is 11.8. The van der Waals surface area contributed by atoms with E-state index in [-0.39, 0.29) is 11.9 Å². The lowest BCUT2D eigenvalue weighted by Crippen LogP contribution is -2.47. The van der Waals surface area contributed by atoms with Gasteiger partial charge in [-0.15, -0.1) is 0 Å². The number of imide groups is 1. The van der Waals surface area contributed by atoms with Gasteiger partial charge in [0.1, 0.15) is 5.75 Å². The molecular weight excluding hydrogens is 258 g/mol. The van der Waals surface area contributed by atoms with Crippen LogP contribution >= 0.6 is 0 Å². The number of hydrogen-bond acceptors (Lipinski definition) is 4. The van der Waals surface area contributed by atoms with Crippen LogP contribution in [0.5, 0.6) is 5.75 Å². The molecule has 1 aromatic rings. The average molecular weight is 279 g/mol. The van der Waals surface area contributed by atoms with Crippen molar-refractivity contribution < 1.29 is 14.3 Å². The van der Waals surface area contributed by atoms with Crippen molar-refractivity contribution in [3.8, 4) is 5.75 Å². The van der Waals surface area contributed by atoms with Gasteiger partial charge in [-0.1, -0.05) is 18.2 Å². The van der Waals surface area contributed by atoms with Crippen LogP contribution in [-0.4, -0.2) is 32.1 Å². The van der Waals surface area contributed by atoms with Crippen LogP contribution < -0.4 is 20.7 Å². The Hall–Kier alpha value is -2.08.